The van der Waals surface area contributed by atoms with Crippen molar-refractivity contribution < 1.29 is 19.1 Å². The van der Waals surface area contributed by atoms with Gasteiger partial charge in [0.1, 0.15) is 18.7 Å². The van der Waals surface area contributed by atoms with Gasteiger partial charge in [-0.2, -0.15) is 5.10 Å². The minimum absolute atomic E-state index is 0.136. The third-order valence-electron chi connectivity index (χ3n) is 7.71. The van der Waals surface area contributed by atoms with Gasteiger partial charge < -0.3 is 15.0 Å². The summed E-state index contributed by atoms with van der Waals surface area (Å²) in [7, 11) is -1.20. The van der Waals surface area contributed by atoms with E-state index in [1.165, 1.54) is 6.33 Å². The third-order valence-corrected chi connectivity index (χ3v) is 9.41. The highest BCUT2D eigenvalue weighted by molar-refractivity contribution is 6.76. The predicted octanol–water partition coefficient (Wildman–Crippen LogP) is 3.87. The summed E-state index contributed by atoms with van der Waals surface area (Å²) in [4.78, 5) is 47.9. The molecule has 0 radical (unpaired) electrons. The lowest BCUT2D eigenvalue weighted by molar-refractivity contribution is -0.121. The van der Waals surface area contributed by atoms with Crippen molar-refractivity contribution in [3.63, 3.8) is 0 Å². The van der Waals surface area contributed by atoms with E-state index in [0.717, 1.165) is 42.0 Å². The van der Waals surface area contributed by atoms with E-state index in [0.29, 0.717) is 30.2 Å². The van der Waals surface area contributed by atoms with Gasteiger partial charge in [0.25, 0.3) is 0 Å². The number of carbonyl (C=O) groups excluding carboxylic acids is 3. The van der Waals surface area contributed by atoms with Crippen LogP contribution in [0.5, 0.6) is 0 Å². The second-order valence-electron chi connectivity index (χ2n) is 11.8. The summed E-state index contributed by atoms with van der Waals surface area (Å²) < 4.78 is 9.61. The summed E-state index contributed by atoms with van der Waals surface area (Å²) in [6.07, 6.45) is 9.73. The monoisotopic (exact) mass is 551 g/mol. The lowest BCUT2D eigenvalue weighted by Crippen LogP contribution is -2.30. The zero-order valence-corrected chi connectivity index (χ0v) is 23.9. The normalized spacial score (nSPS) is 17.6. The zero-order valence-electron chi connectivity index (χ0n) is 22.9. The van der Waals surface area contributed by atoms with Crippen LogP contribution in [0.15, 0.2) is 24.8 Å². The van der Waals surface area contributed by atoms with Gasteiger partial charge in [0.15, 0.2) is 5.82 Å². The van der Waals surface area contributed by atoms with E-state index in [1.54, 1.807) is 4.68 Å². The number of nitrogens with zero attached hydrogens (tertiary/aromatic N) is 6. The molecule has 1 aliphatic heterocycles. The number of primary amides is 1. The average Bonchev–Trinajstić information content (AvgIpc) is 3.67. The van der Waals surface area contributed by atoms with Gasteiger partial charge >= 0.3 is 0 Å². The van der Waals surface area contributed by atoms with Gasteiger partial charge in [-0.05, 0) is 30.9 Å². The van der Waals surface area contributed by atoms with E-state index in [2.05, 4.69) is 29.6 Å². The molecule has 0 bridgehead atoms. The largest absolute Gasteiger partial charge is 0.370 e. The summed E-state index contributed by atoms with van der Waals surface area (Å²) in [5.74, 6) is -0.513. The number of hydrogen-bond donors (Lipinski definition) is 1. The quantitative estimate of drug-likeness (QED) is 0.217. The van der Waals surface area contributed by atoms with Gasteiger partial charge in [-0.3, -0.25) is 19.1 Å². The van der Waals surface area contributed by atoms with E-state index in [9.17, 15) is 14.4 Å². The summed E-state index contributed by atoms with van der Waals surface area (Å²) in [6, 6.07) is 2.73. The molecule has 4 heterocycles. The smallest absolute Gasteiger partial charge is 0.235 e. The van der Waals surface area contributed by atoms with Crippen molar-refractivity contribution in [3.05, 3.63) is 24.8 Å². The Kier molecular flexibility index (Phi) is 7.67. The molecule has 3 aromatic heterocycles. The zero-order chi connectivity index (χ0) is 27.7. The number of ether oxygens (including phenoxy) is 1. The van der Waals surface area contributed by atoms with Gasteiger partial charge in [-0.15, -0.1) is 0 Å². The van der Waals surface area contributed by atoms with Crippen LogP contribution in [0.3, 0.4) is 0 Å². The first-order valence-electron chi connectivity index (χ1n) is 13.7. The average molecular weight is 552 g/mol. The van der Waals surface area contributed by atoms with Crippen molar-refractivity contribution in [1.82, 2.24) is 24.3 Å². The molecule has 1 aliphatic carbocycles. The van der Waals surface area contributed by atoms with Crippen LogP contribution in [0.2, 0.25) is 25.7 Å². The molecule has 3 aromatic rings. The van der Waals surface area contributed by atoms with Crippen LogP contribution in [0.4, 0.5) is 5.82 Å². The second kappa shape index (κ2) is 11.0. The molecule has 1 saturated carbocycles. The number of rotatable bonds is 11. The number of anilines is 1. The van der Waals surface area contributed by atoms with Gasteiger partial charge in [0.05, 0.1) is 17.3 Å². The van der Waals surface area contributed by atoms with Gasteiger partial charge in [-0.1, -0.05) is 32.5 Å². The summed E-state index contributed by atoms with van der Waals surface area (Å²) in [5.41, 5.74) is 7.45. The van der Waals surface area contributed by atoms with Crippen molar-refractivity contribution in [3.8, 4) is 11.3 Å². The SMILES string of the molecule is C[Si](C)(C)CCOCn1ccc2c(-c3cn([C@H](CC(N)=O)C4CCCC4)nc3N3C(=O)CCC3=O)ncnc21. The number of nitrogens with two attached hydrogens (primary N) is 1. The summed E-state index contributed by atoms with van der Waals surface area (Å²) >= 11 is 0. The van der Waals surface area contributed by atoms with E-state index in [1.807, 2.05) is 23.0 Å². The number of amides is 3. The fourth-order valence-electron chi connectivity index (χ4n) is 5.59. The van der Waals surface area contributed by atoms with Crippen molar-refractivity contribution in [1.29, 1.82) is 0 Å². The molecule has 0 unspecified atom stereocenters. The van der Waals surface area contributed by atoms with E-state index in [4.69, 9.17) is 15.6 Å². The number of carbonyl (C=O) groups is 3. The van der Waals surface area contributed by atoms with Crippen LogP contribution >= 0.6 is 0 Å². The minimum Gasteiger partial charge on any atom is -0.370 e. The minimum atomic E-state index is -1.20. The first-order valence-corrected chi connectivity index (χ1v) is 17.4. The Hall–Kier alpha value is -3.38. The highest BCUT2D eigenvalue weighted by Gasteiger charge is 2.37. The molecule has 5 rings (SSSR count). The second-order valence-corrected chi connectivity index (χ2v) is 17.5. The Labute approximate surface area is 228 Å². The molecule has 2 aliphatic rings. The Bertz CT molecular complexity index is 1370. The van der Waals surface area contributed by atoms with Gasteiger partial charge in [-0.25, -0.2) is 14.9 Å². The number of imide groups is 1. The van der Waals surface area contributed by atoms with Crippen LogP contribution in [0, 0.1) is 5.92 Å². The van der Waals surface area contributed by atoms with Crippen LogP contribution in [-0.2, 0) is 25.9 Å². The molecule has 39 heavy (non-hydrogen) atoms. The lowest BCUT2D eigenvalue weighted by Gasteiger charge is -2.22. The molecule has 2 fully saturated rings. The number of fused-ring (bicyclic) bond motifs is 1. The van der Waals surface area contributed by atoms with E-state index >= 15 is 0 Å². The van der Waals surface area contributed by atoms with Gasteiger partial charge in [0, 0.05) is 51.7 Å². The van der Waals surface area contributed by atoms with Crippen LogP contribution in [0.1, 0.15) is 51.0 Å². The molecule has 208 valence electrons. The van der Waals surface area contributed by atoms with Crippen molar-refractivity contribution >= 4 is 42.6 Å². The highest BCUT2D eigenvalue weighted by atomic mass is 28.3. The first kappa shape index (κ1) is 27.2. The maximum absolute atomic E-state index is 12.8. The Balaban J connectivity index is 1.55. The Morgan fingerprint density at radius 3 is 2.54 bits per heavy atom. The number of aromatic nitrogens is 5. The molecular formula is C27H37N7O4Si. The van der Waals surface area contributed by atoms with E-state index < -0.39 is 14.0 Å². The topological polar surface area (TPSA) is 138 Å². The fraction of sp³-hybridized carbons (Fsp3) is 0.556. The first-order chi connectivity index (χ1) is 18.6. The maximum Gasteiger partial charge on any atom is 0.235 e. The molecule has 1 atom stereocenters. The molecule has 1 saturated heterocycles. The molecule has 0 spiro atoms. The summed E-state index contributed by atoms with van der Waals surface area (Å²) in [5, 5.41) is 5.53. The molecule has 11 nitrogen and oxygen atoms in total. The third kappa shape index (κ3) is 5.81. The van der Waals surface area contributed by atoms with Gasteiger partial charge in [0.2, 0.25) is 17.7 Å². The van der Waals surface area contributed by atoms with E-state index in [-0.39, 0.29) is 48.9 Å². The standard InChI is InChI=1S/C27H37N7O4Si/c1-39(2,3)13-12-38-17-32-11-10-19-25(29-16-30-26(19)32)20-15-33(21(14-22(28)35)18-6-4-5-7-18)31-27(20)34-23(36)8-9-24(34)37/h10-11,15-16,18,21H,4-9,12-14,17H2,1-3H3,(H2,28,35)/t21-/m1/s1. The van der Waals surface area contributed by atoms with Crippen molar-refractivity contribution in [2.75, 3.05) is 11.5 Å². The molecule has 12 heteroatoms. The molecule has 3 amide bonds. The fourth-order valence-corrected chi connectivity index (χ4v) is 6.34. The lowest BCUT2D eigenvalue weighted by atomic mass is 9.95. The predicted molar refractivity (Wildman–Crippen MR) is 149 cm³/mol. The summed E-state index contributed by atoms with van der Waals surface area (Å²) in [6.45, 7) is 7.99. The van der Waals surface area contributed by atoms with Crippen molar-refractivity contribution in [2.24, 2.45) is 11.7 Å². The highest BCUT2D eigenvalue weighted by Crippen LogP contribution is 2.40. The molecule has 0 aromatic carbocycles. The molecular weight excluding hydrogens is 514 g/mol. The Morgan fingerprint density at radius 1 is 1.15 bits per heavy atom. The Morgan fingerprint density at radius 2 is 1.87 bits per heavy atom. The molecule has 2 N–H and O–H groups in total. The number of hydrogen-bond acceptors (Lipinski definition) is 7. The van der Waals surface area contributed by atoms with Crippen LogP contribution < -0.4 is 10.6 Å². The van der Waals surface area contributed by atoms with Crippen molar-refractivity contribution in [2.45, 2.75) is 83.4 Å². The van der Waals surface area contributed by atoms with Crippen LogP contribution in [0.25, 0.3) is 22.3 Å². The van der Waals surface area contributed by atoms with Crippen LogP contribution in [-0.4, -0.2) is 56.7 Å². The maximum atomic E-state index is 12.8.